The first-order valence-electron chi connectivity index (χ1n) is 9.65. The van der Waals surface area contributed by atoms with Gasteiger partial charge in [-0.25, -0.2) is 4.98 Å². The summed E-state index contributed by atoms with van der Waals surface area (Å²) in [6, 6.07) is 8.46. The predicted octanol–water partition coefficient (Wildman–Crippen LogP) is 2.55. The van der Waals surface area contributed by atoms with E-state index in [2.05, 4.69) is 22.1 Å². The zero-order chi connectivity index (χ0) is 22.4. The fourth-order valence-corrected chi connectivity index (χ4v) is 3.19. The number of carbonyl (C=O) groups is 2. The minimum Gasteiger partial charge on any atom is -0.353 e. The number of hydrogen-bond acceptors (Lipinski definition) is 4. The van der Waals surface area contributed by atoms with Crippen LogP contribution >= 0.6 is 0 Å². The Labute approximate surface area is 178 Å². The molecule has 9 heteroatoms. The lowest BCUT2D eigenvalue weighted by Crippen LogP contribution is -2.49. The summed E-state index contributed by atoms with van der Waals surface area (Å²) in [4.78, 5) is 31.3. The van der Waals surface area contributed by atoms with Gasteiger partial charge in [0.15, 0.2) is 0 Å². The van der Waals surface area contributed by atoms with Gasteiger partial charge in [-0.3, -0.25) is 9.59 Å². The third kappa shape index (κ3) is 5.75. The van der Waals surface area contributed by atoms with Gasteiger partial charge in [0.05, 0.1) is 17.7 Å². The van der Waals surface area contributed by atoms with Crippen LogP contribution in [0.4, 0.5) is 19.0 Å². The quantitative estimate of drug-likeness (QED) is 0.761. The summed E-state index contributed by atoms with van der Waals surface area (Å²) in [5.74, 6) is 5.65. The van der Waals surface area contributed by atoms with Crippen LogP contribution in [0, 0.1) is 11.8 Å². The van der Waals surface area contributed by atoms with Crippen molar-refractivity contribution in [2.75, 3.05) is 37.6 Å². The molecule has 162 valence electrons. The Morgan fingerprint density at radius 2 is 1.81 bits per heavy atom. The molecule has 2 heterocycles. The van der Waals surface area contributed by atoms with Crippen molar-refractivity contribution in [1.29, 1.82) is 0 Å². The lowest BCUT2D eigenvalue weighted by Gasteiger charge is -2.35. The highest BCUT2D eigenvalue weighted by Gasteiger charge is 2.36. The van der Waals surface area contributed by atoms with Crippen molar-refractivity contribution >= 4 is 17.6 Å². The van der Waals surface area contributed by atoms with Crippen LogP contribution in [0.1, 0.15) is 28.4 Å². The molecule has 0 radical (unpaired) electrons. The van der Waals surface area contributed by atoms with E-state index in [0.29, 0.717) is 37.6 Å². The number of rotatable bonds is 3. The van der Waals surface area contributed by atoms with Crippen molar-refractivity contribution < 1.29 is 22.8 Å². The number of halogens is 3. The maximum Gasteiger partial charge on any atom is 0.417 e. The lowest BCUT2D eigenvalue weighted by molar-refractivity contribution is -0.138. The Kier molecular flexibility index (Phi) is 6.80. The van der Waals surface area contributed by atoms with E-state index in [4.69, 9.17) is 0 Å². The van der Waals surface area contributed by atoms with Gasteiger partial charge >= 0.3 is 6.18 Å². The molecule has 0 spiro atoms. The van der Waals surface area contributed by atoms with E-state index in [1.165, 1.54) is 30.0 Å². The summed E-state index contributed by atoms with van der Waals surface area (Å²) in [6.07, 6.45) is -2.96. The Morgan fingerprint density at radius 3 is 2.42 bits per heavy atom. The minimum atomic E-state index is -4.58. The van der Waals surface area contributed by atoms with Crippen LogP contribution < -0.4 is 10.2 Å². The van der Waals surface area contributed by atoms with Gasteiger partial charge in [-0.15, -0.1) is 0 Å². The number of anilines is 1. The summed E-state index contributed by atoms with van der Waals surface area (Å²) in [5.41, 5.74) is -0.547. The number of piperazine rings is 1. The van der Waals surface area contributed by atoms with Crippen LogP contribution in [0.25, 0.3) is 0 Å². The maximum atomic E-state index is 13.2. The standard InChI is InChI=1S/C22H21F3N4O2/c1-16(30)26-10-4-5-17-8-9-20(27-15-17)28-11-13-29(14-12-28)21(31)18-6-2-3-7-19(18)22(23,24)25/h2-3,6-9,15H,10-14H2,1H3,(H,26,30). The highest BCUT2D eigenvalue weighted by atomic mass is 19.4. The van der Waals surface area contributed by atoms with E-state index in [-0.39, 0.29) is 18.0 Å². The van der Waals surface area contributed by atoms with E-state index < -0.39 is 17.6 Å². The van der Waals surface area contributed by atoms with Gasteiger partial charge in [0.25, 0.3) is 5.91 Å². The third-order valence-electron chi connectivity index (χ3n) is 4.76. The van der Waals surface area contributed by atoms with E-state index >= 15 is 0 Å². The van der Waals surface area contributed by atoms with E-state index in [9.17, 15) is 22.8 Å². The first-order chi connectivity index (χ1) is 14.8. The smallest absolute Gasteiger partial charge is 0.353 e. The molecule has 2 amide bonds. The average molecular weight is 430 g/mol. The fraction of sp³-hybridized carbons (Fsp3) is 0.318. The number of hydrogen-bond donors (Lipinski definition) is 1. The largest absolute Gasteiger partial charge is 0.417 e. The molecule has 0 saturated carbocycles. The number of pyridine rings is 1. The number of nitrogens with zero attached hydrogens (tertiary/aromatic N) is 3. The molecule has 6 nitrogen and oxygen atoms in total. The number of nitrogens with one attached hydrogen (secondary N) is 1. The second kappa shape index (κ2) is 9.51. The van der Waals surface area contributed by atoms with Crippen LogP contribution in [0.5, 0.6) is 0 Å². The Bertz CT molecular complexity index is 1000. The van der Waals surface area contributed by atoms with E-state index in [0.717, 1.165) is 6.07 Å². The van der Waals surface area contributed by atoms with Crippen LogP contribution in [-0.2, 0) is 11.0 Å². The Morgan fingerprint density at radius 1 is 1.10 bits per heavy atom. The zero-order valence-electron chi connectivity index (χ0n) is 16.9. The Hall–Kier alpha value is -3.54. The summed E-state index contributed by atoms with van der Waals surface area (Å²) >= 11 is 0. The summed E-state index contributed by atoms with van der Waals surface area (Å²) in [6.45, 7) is 3.18. The number of aromatic nitrogens is 1. The van der Waals surface area contributed by atoms with Crippen LogP contribution in [0.3, 0.4) is 0 Å². The molecule has 1 N–H and O–H groups in total. The molecule has 1 aromatic carbocycles. The second-order valence-corrected chi connectivity index (χ2v) is 6.94. The van der Waals surface area contributed by atoms with Gasteiger partial charge in [0, 0.05) is 44.9 Å². The van der Waals surface area contributed by atoms with Gasteiger partial charge < -0.3 is 15.1 Å². The monoisotopic (exact) mass is 430 g/mol. The molecule has 2 aromatic rings. The van der Waals surface area contributed by atoms with Crippen molar-refractivity contribution in [2.45, 2.75) is 13.1 Å². The van der Waals surface area contributed by atoms with Crippen LogP contribution in [0.2, 0.25) is 0 Å². The normalized spacial score (nSPS) is 13.9. The van der Waals surface area contributed by atoms with Crippen LogP contribution in [-0.4, -0.2) is 54.4 Å². The molecule has 0 aliphatic carbocycles. The van der Waals surface area contributed by atoms with Crippen LogP contribution in [0.15, 0.2) is 42.6 Å². The molecule has 0 unspecified atom stereocenters. The average Bonchev–Trinajstić information content (AvgIpc) is 2.76. The van der Waals surface area contributed by atoms with E-state index in [1.54, 1.807) is 18.3 Å². The van der Waals surface area contributed by atoms with E-state index in [1.807, 2.05) is 4.90 Å². The summed E-state index contributed by atoms with van der Waals surface area (Å²) < 4.78 is 39.6. The number of carbonyl (C=O) groups excluding carboxylic acids is 2. The molecular weight excluding hydrogens is 409 g/mol. The molecule has 1 fully saturated rings. The molecule has 3 rings (SSSR count). The summed E-state index contributed by atoms with van der Waals surface area (Å²) in [7, 11) is 0. The van der Waals surface area contributed by atoms with Crippen molar-refractivity contribution in [1.82, 2.24) is 15.2 Å². The van der Waals surface area contributed by atoms with Crippen molar-refractivity contribution in [3.05, 3.63) is 59.3 Å². The molecule has 31 heavy (non-hydrogen) atoms. The highest BCUT2D eigenvalue weighted by Crippen LogP contribution is 2.32. The zero-order valence-corrected chi connectivity index (χ0v) is 16.9. The van der Waals surface area contributed by atoms with Gasteiger partial charge in [-0.1, -0.05) is 24.0 Å². The molecule has 0 atom stereocenters. The van der Waals surface area contributed by atoms with Gasteiger partial charge in [-0.2, -0.15) is 13.2 Å². The van der Waals surface area contributed by atoms with Crippen molar-refractivity contribution in [2.24, 2.45) is 0 Å². The molecule has 1 aliphatic heterocycles. The predicted molar refractivity (Wildman–Crippen MR) is 109 cm³/mol. The number of benzene rings is 1. The third-order valence-corrected chi connectivity index (χ3v) is 4.76. The van der Waals surface area contributed by atoms with Gasteiger partial charge in [0.2, 0.25) is 5.91 Å². The van der Waals surface area contributed by atoms with Gasteiger partial charge in [0.1, 0.15) is 5.82 Å². The molecule has 1 aromatic heterocycles. The Balaban J connectivity index is 1.60. The maximum absolute atomic E-state index is 13.2. The first kappa shape index (κ1) is 22.2. The molecule has 1 aliphatic rings. The van der Waals surface area contributed by atoms with Gasteiger partial charge in [-0.05, 0) is 24.3 Å². The summed E-state index contributed by atoms with van der Waals surface area (Å²) in [5, 5.41) is 2.58. The fourth-order valence-electron chi connectivity index (χ4n) is 3.19. The second-order valence-electron chi connectivity index (χ2n) is 6.94. The molecular formula is C22H21F3N4O2. The number of alkyl halides is 3. The van der Waals surface area contributed by atoms with Crippen molar-refractivity contribution in [3.63, 3.8) is 0 Å². The molecule has 0 bridgehead atoms. The molecule has 1 saturated heterocycles. The first-order valence-corrected chi connectivity index (χ1v) is 9.65. The minimum absolute atomic E-state index is 0.151. The lowest BCUT2D eigenvalue weighted by atomic mass is 10.1. The van der Waals surface area contributed by atoms with Crippen molar-refractivity contribution in [3.8, 4) is 11.8 Å². The topological polar surface area (TPSA) is 65.5 Å². The highest BCUT2D eigenvalue weighted by molar-refractivity contribution is 5.96. The SMILES string of the molecule is CC(=O)NCC#Cc1ccc(N2CCN(C(=O)c3ccccc3C(F)(F)F)CC2)nc1. The number of amides is 2.